The summed E-state index contributed by atoms with van der Waals surface area (Å²) < 4.78 is 2.05. The quantitative estimate of drug-likeness (QED) is 0.299. The highest BCUT2D eigenvalue weighted by atomic mass is 127. The lowest BCUT2D eigenvalue weighted by atomic mass is 10.1. The van der Waals surface area contributed by atoms with Crippen molar-refractivity contribution in [2.45, 2.75) is 0 Å². The minimum Gasteiger partial charge on any atom is -1.00 e. The molecule has 2 heteroatoms. The third-order valence-corrected chi connectivity index (χ3v) is 3.04. The molecule has 3 aromatic rings. The van der Waals surface area contributed by atoms with Gasteiger partial charge >= 0.3 is 0 Å². The van der Waals surface area contributed by atoms with Gasteiger partial charge in [-0.2, -0.15) is 0 Å². The number of aryl methyl sites for hydroxylation is 1. The average Bonchev–Trinajstić information content (AvgIpc) is 2.46. The fraction of sp³-hybridized carbons (Fsp3) is 0.0556. The molecule has 0 unspecified atom stereocenters. The van der Waals surface area contributed by atoms with E-state index in [0.29, 0.717) is 0 Å². The molecule has 1 nitrogen and oxygen atoms in total. The van der Waals surface area contributed by atoms with E-state index in [4.69, 9.17) is 0 Å². The first-order valence-electron chi connectivity index (χ1n) is 6.27. The van der Waals surface area contributed by atoms with Crippen LogP contribution in [0.3, 0.4) is 0 Å². The van der Waals surface area contributed by atoms with Crippen molar-refractivity contribution in [3.8, 4) is 11.8 Å². The summed E-state index contributed by atoms with van der Waals surface area (Å²) in [6.45, 7) is 0. The molecule has 0 aliphatic carbocycles. The van der Waals surface area contributed by atoms with Crippen molar-refractivity contribution < 1.29 is 28.5 Å². The molecule has 2 aromatic carbocycles. The molecule has 1 aromatic heterocycles. The van der Waals surface area contributed by atoms with Gasteiger partial charge in [0.05, 0.1) is 0 Å². The van der Waals surface area contributed by atoms with E-state index in [1.54, 1.807) is 0 Å². The summed E-state index contributed by atoms with van der Waals surface area (Å²) in [6, 6.07) is 18.5. The molecule has 0 bridgehead atoms. The minimum absolute atomic E-state index is 0. The molecule has 0 amide bonds. The van der Waals surface area contributed by atoms with Gasteiger partial charge in [0.15, 0.2) is 12.4 Å². The van der Waals surface area contributed by atoms with E-state index < -0.39 is 0 Å². The summed E-state index contributed by atoms with van der Waals surface area (Å²) in [6.07, 6.45) is 4.17. The van der Waals surface area contributed by atoms with Gasteiger partial charge in [-0.25, -0.2) is 4.57 Å². The van der Waals surface area contributed by atoms with Gasteiger partial charge in [-0.05, 0) is 35.7 Å². The molecule has 0 spiro atoms. The molecule has 1 heterocycles. The predicted octanol–water partition coefficient (Wildman–Crippen LogP) is 0.0681. The molecule has 98 valence electrons. The van der Waals surface area contributed by atoms with Gasteiger partial charge < -0.3 is 24.0 Å². The number of pyridine rings is 1. The van der Waals surface area contributed by atoms with E-state index in [2.05, 4.69) is 53.1 Å². The molecular formula is C18H14IN. The fourth-order valence-corrected chi connectivity index (χ4v) is 2.04. The molecule has 0 saturated carbocycles. The van der Waals surface area contributed by atoms with Crippen LogP contribution in [0.15, 0.2) is 67.0 Å². The third-order valence-electron chi connectivity index (χ3n) is 3.04. The number of rotatable bonds is 0. The van der Waals surface area contributed by atoms with Gasteiger partial charge in [0.25, 0.3) is 0 Å². The highest BCUT2D eigenvalue weighted by molar-refractivity contribution is 5.82. The van der Waals surface area contributed by atoms with Crippen LogP contribution in [0.4, 0.5) is 0 Å². The second-order valence-electron chi connectivity index (χ2n) is 4.57. The Labute approximate surface area is 136 Å². The van der Waals surface area contributed by atoms with Crippen LogP contribution in [0.2, 0.25) is 0 Å². The SMILES string of the molecule is C[n+]1ccc2cc(C#Cc3ccccc3)ccc2c1.[I-]. The van der Waals surface area contributed by atoms with Gasteiger partial charge in [-0.3, -0.25) is 0 Å². The number of hydrogen-bond donors (Lipinski definition) is 0. The van der Waals surface area contributed by atoms with Crippen molar-refractivity contribution >= 4 is 10.8 Å². The van der Waals surface area contributed by atoms with Gasteiger partial charge in [-0.1, -0.05) is 30.0 Å². The maximum Gasteiger partial charge on any atom is 0.176 e. The van der Waals surface area contributed by atoms with E-state index in [1.165, 1.54) is 10.8 Å². The largest absolute Gasteiger partial charge is 1.00 e. The van der Waals surface area contributed by atoms with E-state index in [0.717, 1.165) is 11.1 Å². The van der Waals surface area contributed by atoms with Crippen molar-refractivity contribution in [1.82, 2.24) is 0 Å². The standard InChI is InChI=1S/C18H14N.HI/c1-19-12-11-17-13-16(9-10-18(17)14-19)8-7-15-5-3-2-4-6-15;/h2-6,9-14H,1H3;1H/q+1;/p-1. The molecule has 0 aliphatic rings. The van der Waals surface area contributed by atoms with Crippen molar-refractivity contribution in [2.24, 2.45) is 7.05 Å². The Morgan fingerprint density at radius 1 is 0.800 bits per heavy atom. The van der Waals surface area contributed by atoms with Crippen LogP contribution in [-0.4, -0.2) is 0 Å². The van der Waals surface area contributed by atoms with Gasteiger partial charge in [0.2, 0.25) is 0 Å². The Bertz CT molecular complexity index is 783. The Hall–Kier alpha value is -1.86. The van der Waals surface area contributed by atoms with Gasteiger partial charge in [0.1, 0.15) is 7.05 Å². The molecule has 20 heavy (non-hydrogen) atoms. The lowest BCUT2D eigenvalue weighted by molar-refractivity contribution is -0.670. The number of aromatic nitrogens is 1. The normalized spacial score (nSPS) is 9.45. The van der Waals surface area contributed by atoms with Crippen LogP contribution in [-0.2, 0) is 7.05 Å². The van der Waals surface area contributed by atoms with E-state index in [-0.39, 0.29) is 24.0 Å². The van der Waals surface area contributed by atoms with E-state index in [1.807, 2.05) is 37.4 Å². The van der Waals surface area contributed by atoms with E-state index in [9.17, 15) is 0 Å². The number of hydrogen-bond acceptors (Lipinski definition) is 0. The first kappa shape index (κ1) is 14.5. The number of nitrogens with zero attached hydrogens (tertiary/aromatic N) is 1. The second kappa shape index (κ2) is 6.53. The van der Waals surface area contributed by atoms with Crippen molar-refractivity contribution in [3.05, 3.63) is 78.1 Å². The monoisotopic (exact) mass is 371 g/mol. The fourth-order valence-electron chi connectivity index (χ4n) is 2.04. The average molecular weight is 371 g/mol. The topological polar surface area (TPSA) is 3.88 Å². The second-order valence-corrected chi connectivity index (χ2v) is 4.57. The molecule has 0 atom stereocenters. The predicted molar refractivity (Wildman–Crippen MR) is 77.5 cm³/mol. The molecule has 0 radical (unpaired) electrons. The summed E-state index contributed by atoms with van der Waals surface area (Å²) in [5, 5.41) is 2.45. The van der Waals surface area contributed by atoms with E-state index >= 15 is 0 Å². The first-order chi connectivity index (χ1) is 9.31. The van der Waals surface area contributed by atoms with Crippen molar-refractivity contribution in [1.29, 1.82) is 0 Å². The zero-order valence-electron chi connectivity index (χ0n) is 11.2. The molecular weight excluding hydrogens is 357 g/mol. The Morgan fingerprint density at radius 3 is 2.35 bits per heavy atom. The maximum atomic E-state index is 3.21. The summed E-state index contributed by atoms with van der Waals surface area (Å²) >= 11 is 0. The van der Waals surface area contributed by atoms with Crippen LogP contribution < -0.4 is 28.5 Å². The van der Waals surface area contributed by atoms with Crippen LogP contribution in [0, 0.1) is 11.8 Å². The highest BCUT2D eigenvalue weighted by Crippen LogP contribution is 2.13. The Morgan fingerprint density at radius 2 is 1.55 bits per heavy atom. The molecule has 0 fully saturated rings. The summed E-state index contributed by atoms with van der Waals surface area (Å²) in [7, 11) is 2.03. The third kappa shape index (κ3) is 3.37. The van der Waals surface area contributed by atoms with Crippen LogP contribution in [0.5, 0.6) is 0 Å². The number of halogens is 1. The number of fused-ring (bicyclic) bond motifs is 1. The highest BCUT2D eigenvalue weighted by Gasteiger charge is 1.98. The number of benzene rings is 2. The molecule has 0 aliphatic heterocycles. The van der Waals surface area contributed by atoms with Crippen molar-refractivity contribution in [2.75, 3.05) is 0 Å². The maximum absolute atomic E-state index is 3.21. The van der Waals surface area contributed by atoms with Gasteiger partial charge in [0, 0.05) is 22.6 Å². The van der Waals surface area contributed by atoms with Crippen LogP contribution >= 0.6 is 0 Å². The van der Waals surface area contributed by atoms with Crippen LogP contribution in [0.25, 0.3) is 10.8 Å². The first-order valence-corrected chi connectivity index (χ1v) is 6.27. The molecule has 0 saturated heterocycles. The van der Waals surface area contributed by atoms with Crippen molar-refractivity contribution in [3.63, 3.8) is 0 Å². The van der Waals surface area contributed by atoms with Crippen LogP contribution in [0.1, 0.15) is 11.1 Å². The lowest BCUT2D eigenvalue weighted by Crippen LogP contribution is -3.00. The lowest BCUT2D eigenvalue weighted by Gasteiger charge is -1.96. The summed E-state index contributed by atoms with van der Waals surface area (Å²) in [5.41, 5.74) is 2.09. The molecule has 3 rings (SSSR count). The zero-order valence-corrected chi connectivity index (χ0v) is 13.3. The zero-order chi connectivity index (χ0) is 13.1. The smallest absolute Gasteiger partial charge is 0.176 e. The summed E-state index contributed by atoms with van der Waals surface area (Å²) in [4.78, 5) is 0. The summed E-state index contributed by atoms with van der Waals surface area (Å²) in [5.74, 6) is 6.39. The van der Waals surface area contributed by atoms with Gasteiger partial charge in [-0.15, -0.1) is 0 Å². The Kier molecular flexibility index (Phi) is 4.75. The molecule has 0 N–H and O–H groups in total. The Balaban J connectivity index is 0.00000147. The minimum atomic E-state index is 0.